The Hall–Kier alpha value is -2.95. The van der Waals surface area contributed by atoms with Gasteiger partial charge < -0.3 is 10.2 Å². The van der Waals surface area contributed by atoms with Crippen LogP contribution in [-0.4, -0.2) is 70.8 Å². The van der Waals surface area contributed by atoms with E-state index in [1.165, 1.54) is 6.07 Å². The van der Waals surface area contributed by atoms with Crippen molar-refractivity contribution in [3.8, 4) is 16.9 Å². The molecule has 0 amide bonds. The highest BCUT2D eigenvalue weighted by molar-refractivity contribution is 7.91. The summed E-state index contributed by atoms with van der Waals surface area (Å²) in [5.74, 6) is 0.0814. The highest BCUT2D eigenvalue weighted by Gasteiger charge is 2.26. The van der Waals surface area contributed by atoms with Crippen molar-refractivity contribution >= 4 is 38.2 Å². The fourth-order valence-electron chi connectivity index (χ4n) is 5.02. The van der Waals surface area contributed by atoms with Crippen molar-refractivity contribution in [2.45, 2.75) is 25.3 Å². The molecule has 196 valence electrons. The van der Waals surface area contributed by atoms with Gasteiger partial charge in [0.1, 0.15) is 21.3 Å². The number of rotatable bonds is 7. The molecule has 4 aromatic rings. The molecule has 37 heavy (non-hydrogen) atoms. The minimum absolute atomic E-state index is 0.257. The van der Waals surface area contributed by atoms with E-state index in [4.69, 9.17) is 16.6 Å². The first-order valence-corrected chi connectivity index (χ1v) is 14.4. The normalized spacial score (nSPS) is 16.1. The second kappa shape index (κ2) is 10.1. The second-order valence-electron chi connectivity index (χ2n) is 9.64. The number of hydrogen-bond acceptors (Lipinski definition) is 6. The van der Waals surface area contributed by atoms with Gasteiger partial charge in [-0.1, -0.05) is 11.6 Å². The SMILES string of the molecule is CNc1c(F)cc(-c2ccc3c(CCN(C)C4CCS(=O)(=O)CC4)cn(-c4cnn(C)c4)c3n2)cc1Cl. The summed E-state index contributed by atoms with van der Waals surface area (Å²) >= 11 is 6.30. The summed E-state index contributed by atoms with van der Waals surface area (Å²) in [6, 6.07) is 7.32. The fourth-order valence-corrected chi connectivity index (χ4v) is 6.79. The van der Waals surface area contributed by atoms with Crippen LogP contribution in [-0.2, 0) is 23.3 Å². The Balaban J connectivity index is 1.48. The molecule has 11 heteroatoms. The first kappa shape index (κ1) is 25.7. The van der Waals surface area contributed by atoms with Crippen molar-refractivity contribution in [2.75, 3.05) is 37.5 Å². The number of anilines is 1. The van der Waals surface area contributed by atoms with Crippen LogP contribution < -0.4 is 5.32 Å². The molecule has 1 aliphatic heterocycles. The molecule has 5 rings (SSSR count). The molecule has 0 atom stereocenters. The molecule has 0 bridgehead atoms. The van der Waals surface area contributed by atoms with Crippen LogP contribution in [0.15, 0.2) is 42.9 Å². The van der Waals surface area contributed by atoms with Crippen molar-refractivity contribution in [3.63, 3.8) is 0 Å². The van der Waals surface area contributed by atoms with Crippen LogP contribution in [0.3, 0.4) is 0 Å². The zero-order valence-electron chi connectivity index (χ0n) is 21.1. The van der Waals surface area contributed by atoms with Crippen molar-refractivity contribution in [3.05, 3.63) is 59.3 Å². The number of hydrogen-bond donors (Lipinski definition) is 1. The minimum atomic E-state index is -2.89. The number of fused-ring (bicyclic) bond motifs is 1. The average molecular weight is 545 g/mol. The summed E-state index contributed by atoms with van der Waals surface area (Å²) in [5, 5.41) is 8.40. The molecule has 0 radical (unpaired) electrons. The molecule has 0 spiro atoms. The van der Waals surface area contributed by atoms with Crippen LogP contribution in [0.1, 0.15) is 18.4 Å². The van der Waals surface area contributed by atoms with Gasteiger partial charge in [-0.3, -0.25) is 9.25 Å². The fraction of sp³-hybridized carbons (Fsp3) is 0.385. The van der Waals surface area contributed by atoms with Gasteiger partial charge >= 0.3 is 0 Å². The largest absolute Gasteiger partial charge is 0.385 e. The predicted octanol–water partition coefficient (Wildman–Crippen LogP) is 4.31. The Morgan fingerprint density at radius 3 is 2.62 bits per heavy atom. The van der Waals surface area contributed by atoms with Crippen molar-refractivity contribution in [2.24, 2.45) is 7.05 Å². The third-order valence-corrected chi connectivity index (χ3v) is 9.19. The van der Waals surface area contributed by atoms with Crippen molar-refractivity contribution in [1.82, 2.24) is 24.2 Å². The highest BCUT2D eigenvalue weighted by atomic mass is 35.5. The molecule has 1 aromatic carbocycles. The molecule has 3 aromatic heterocycles. The van der Waals surface area contributed by atoms with Crippen LogP contribution in [0.2, 0.25) is 5.02 Å². The second-order valence-corrected chi connectivity index (χ2v) is 12.4. The Labute approximate surface area is 221 Å². The minimum Gasteiger partial charge on any atom is -0.385 e. The van der Waals surface area contributed by atoms with Crippen LogP contribution >= 0.6 is 11.6 Å². The number of benzene rings is 1. The summed E-state index contributed by atoms with van der Waals surface area (Å²) in [6.45, 7) is 0.797. The van der Waals surface area contributed by atoms with E-state index in [0.717, 1.165) is 35.2 Å². The molecule has 1 fully saturated rings. The van der Waals surface area contributed by atoms with Crippen LogP contribution in [0.5, 0.6) is 0 Å². The van der Waals surface area contributed by atoms with E-state index in [1.54, 1.807) is 24.0 Å². The van der Waals surface area contributed by atoms with Crippen LogP contribution in [0, 0.1) is 5.82 Å². The zero-order valence-corrected chi connectivity index (χ0v) is 22.7. The lowest BCUT2D eigenvalue weighted by Crippen LogP contribution is -2.39. The van der Waals surface area contributed by atoms with E-state index in [-0.39, 0.29) is 23.2 Å². The van der Waals surface area contributed by atoms with Gasteiger partial charge in [-0.05, 0) is 56.1 Å². The average Bonchev–Trinajstić information content (AvgIpc) is 3.45. The van der Waals surface area contributed by atoms with E-state index < -0.39 is 15.7 Å². The standard InChI is InChI=1S/C26H30ClFN6O2S/c1-29-25-22(27)12-18(13-23(25)28)24-5-4-21-17(6-9-32(2)19-7-10-37(35,36)11-8-19)15-34(26(21)31-24)20-14-30-33(3)16-20/h4-5,12-16,19,29H,6-11H2,1-3H3. The first-order valence-electron chi connectivity index (χ1n) is 12.2. The molecular weight excluding hydrogens is 515 g/mol. The lowest BCUT2D eigenvalue weighted by atomic mass is 10.1. The number of aryl methyl sites for hydroxylation is 1. The Morgan fingerprint density at radius 1 is 1.22 bits per heavy atom. The molecule has 4 heterocycles. The van der Waals surface area contributed by atoms with Gasteiger partial charge in [-0.15, -0.1) is 0 Å². The highest BCUT2D eigenvalue weighted by Crippen LogP contribution is 2.33. The van der Waals surface area contributed by atoms with Crippen LogP contribution in [0.4, 0.5) is 10.1 Å². The molecule has 0 saturated carbocycles. The summed E-state index contributed by atoms with van der Waals surface area (Å²) in [5.41, 5.74) is 4.22. The maximum absolute atomic E-state index is 14.6. The summed E-state index contributed by atoms with van der Waals surface area (Å²) in [7, 11) is 2.67. The van der Waals surface area contributed by atoms with Gasteiger partial charge in [-0.2, -0.15) is 5.10 Å². The first-order chi connectivity index (χ1) is 17.6. The van der Waals surface area contributed by atoms with Crippen molar-refractivity contribution in [1.29, 1.82) is 0 Å². The smallest absolute Gasteiger partial charge is 0.150 e. The van der Waals surface area contributed by atoms with Gasteiger partial charge in [-0.25, -0.2) is 17.8 Å². The molecule has 1 saturated heterocycles. The Bertz CT molecular complexity index is 1530. The quantitative estimate of drug-likeness (QED) is 0.373. The molecule has 1 aliphatic rings. The molecule has 0 unspecified atom stereocenters. The van der Waals surface area contributed by atoms with E-state index >= 15 is 0 Å². The third-order valence-electron chi connectivity index (χ3n) is 7.17. The Kier molecular flexibility index (Phi) is 6.99. The van der Waals surface area contributed by atoms with Gasteiger partial charge in [0, 0.05) is 50.0 Å². The monoisotopic (exact) mass is 544 g/mol. The van der Waals surface area contributed by atoms with E-state index in [9.17, 15) is 12.8 Å². The van der Waals surface area contributed by atoms with Gasteiger partial charge in [0.15, 0.2) is 0 Å². The maximum atomic E-state index is 14.6. The lowest BCUT2D eigenvalue weighted by molar-refractivity contribution is 0.229. The lowest BCUT2D eigenvalue weighted by Gasteiger charge is -2.31. The zero-order chi connectivity index (χ0) is 26.3. The number of halogens is 2. The van der Waals surface area contributed by atoms with Gasteiger partial charge in [0.05, 0.1) is 39.8 Å². The number of aromatic nitrogens is 4. The molecule has 8 nitrogen and oxygen atoms in total. The molecule has 1 N–H and O–H groups in total. The van der Waals surface area contributed by atoms with Crippen LogP contribution in [0.25, 0.3) is 28.0 Å². The topological polar surface area (TPSA) is 85.0 Å². The molecular formula is C26H30ClFN6O2S. The number of nitrogens with one attached hydrogen (secondary N) is 1. The third kappa shape index (κ3) is 5.23. The van der Waals surface area contributed by atoms with Gasteiger partial charge in [0.25, 0.3) is 0 Å². The Morgan fingerprint density at radius 2 is 1.97 bits per heavy atom. The summed E-state index contributed by atoms with van der Waals surface area (Å²) < 4.78 is 42.0. The predicted molar refractivity (Wildman–Crippen MR) is 146 cm³/mol. The van der Waals surface area contributed by atoms with E-state index in [2.05, 4.69) is 28.6 Å². The molecule has 0 aliphatic carbocycles. The maximum Gasteiger partial charge on any atom is 0.150 e. The summed E-state index contributed by atoms with van der Waals surface area (Å²) in [4.78, 5) is 7.18. The number of pyridine rings is 1. The number of nitrogens with zero attached hydrogens (tertiary/aromatic N) is 5. The number of likely N-dealkylation sites (N-methyl/N-ethyl adjacent to an activating group) is 1. The van der Waals surface area contributed by atoms with Gasteiger partial charge in [0.2, 0.25) is 0 Å². The van der Waals surface area contributed by atoms with Crippen molar-refractivity contribution < 1.29 is 12.8 Å². The van der Waals surface area contributed by atoms with E-state index in [0.29, 0.717) is 29.1 Å². The summed E-state index contributed by atoms with van der Waals surface area (Å²) in [6.07, 6.45) is 7.91. The number of sulfone groups is 1. The van der Waals surface area contributed by atoms with E-state index in [1.807, 2.05) is 29.9 Å².